The van der Waals surface area contributed by atoms with Crippen LogP contribution in [0.3, 0.4) is 0 Å². The first-order valence-electron chi connectivity index (χ1n) is 6.35. The number of nitrogens with zero attached hydrogens (tertiary/aromatic N) is 1. The lowest BCUT2D eigenvalue weighted by Crippen LogP contribution is -2.51. The second-order valence-electron chi connectivity index (χ2n) is 5.08. The molecule has 2 amide bonds. The largest absolute Gasteiger partial charge is 0.479 e. The van der Waals surface area contributed by atoms with Crippen LogP contribution in [0.25, 0.3) is 0 Å². The standard InChI is InChI=1S/C12H22N2O4/c1-3-9-4-6-14(7-5-9)11(17)13-8-12(2,18)10(15)16/h9,18H,3-8H2,1-2H3,(H,13,17)(H,15,16). The van der Waals surface area contributed by atoms with Crippen molar-refractivity contribution in [1.82, 2.24) is 10.2 Å². The van der Waals surface area contributed by atoms with Crippen LogP contribution in [0, 0.1) is 5.92 Å². The summed E-state index contributed by atoms with van der Waals surface area (Å²) in [5.74, 6) is -0.663. The zero-order chi connectivity index (χ0) is 13.8. The highest BCUT2D eigenvalue weighted by atomic mass is 16.4. The van der Waals surface area contributed by atoms with E-state index in [2.05, 4.69) is 12.2 Å². The Morgan fingerprint density at radius 2 is 1.94 bits per heavy atom. The topological polar surface area (TPSA) is 89.9 Å². The van der Waals surface area contributed by atoms with Crippen LogP contribution >= 0.6 is 0 Å². The number of aliphatic hydroxyl groups is 1. The molecule has 0 bridgehead atoms. The van der Waals surface area contributed by atoms with E-state index in [0.717, 1.165) is 19.3 Å². The molecule has 104 valence electrons. The Hall–Kier alpha value is -1.30. The number of urea groups is 1. The SMILES string of the molecule is CCC1CCN(C(=O)NCC(C)(O)C(=O)O)CC1. The molecule has 1 heterocycles. The van der Waals surface area contributed by atoms with Crippen LogP contribution in [0.4, 0.5) is 4.79 Å². The minimum atomic E-state index is -1.92. The van der Waals surface area contributed by atoms with Gasteiger partial charge < -0.3 is 20.4 Å². The van der Waals surface area contributed by atoms with Gasteiger partial charge in [-0.1, -0.05) is 13.3 Å². The highest BCUT2D eigenvalue weighted by molar-refractivity contribution is 5.79. The van der Waals surface area contributed by atoms with E-state index in [0.29, 0.717) is 19.0 Å². The first-order chi connectivity index (χ1) is 8.36. The van der Waals surface area contributed by atoms with E-state index >= 15 is 0 Å². The van der Waals surface area contributed by atoms with E-state index in [1.165, 1.54) is 6.92 Å². The van der Waals surface area contributed by atoms with Gasteiger partial charge >= 0.3 is 12.0 Å². The number of aliphatic carboxylic acids is 1. The fraction of sp³-hybridized carbons (Fsp3) is 0.833. The predicted octanol–water partition coefficient (Wildman–Crippen LogP) is 0.654. The number of rotatable bonds is 4. The summed E-state index contributed by atoms with van der Waals surface area (Å²) >= 11 is 0. The number of carboxylic acids is 1. The molecule has 0 aromatic rings. The Morgan fingerprint density at radius 3 is 2.39 bits per heavy atom. The molecule has 0 spiro atoms. The molecule has 1 saturated heterocycles. The minimum absolute atomic E-state index is 0.283. The average molecular weight is 258 g/mol. The predicted molar refractivity (Wildman–Crippen MR) is 66.2 cm³/mol. The van der Waals surface area contributed by atoms with Gasteiger partial charge in [0.1, 0.15) is 0 Å². The normalized spacial score (nSPS) is 20.3. The van der Waals surface area contributed by atoms with Crippen LogP contribution < -0.4 is 5.32 Å². The van der Waals surface area contributed by atoms with Crippen molar-refractivity contribution in [2.75, 3.05) is 19.6 Å². The summed E-state index contributed by atoms with van der Waals surface area (Å²) < 4.78 is 0. The third-order valence-electron chi connectivity index (χ3n) is 3.52. The first kappa shape index (κ1) is 14.8. The zero-order valence-electron chi connectivity index (χ0n) is 11.0. The lowest BCUT2D eigenvalue weighted by Gasteiger charge is -2.32. The molecular formula is C12H22N2O4. The summed E-state index contributed by atoms with van der Waals surface area (Å²) in [6, 6.07) is -0.300. The molecule has 1 aliphatic rings. The van der Waals surface area contributed by atoms with Crippen molar-refractivity contribution in [2.24, 2.45) is 5.92 Å². The second-order valence-corrected chi connectivity index (χ2v) is 5.08. The van der Waals surface area contributed by atoms with Gasteiger partial charge in [-0.2, -0.15) is 0 Å². The van der Waals surface area contributed by atoms with E-state index in [-0.39, 0.29) is 12.6 Å². The first-order valence-corrected chi connectivity index (χ1v) is 6.35. The number of carbonyl (C=O) groups excluding carboxylic acids is 1. The van der Waals surface area contributed by atoms with Crippen LogP contribution in [0.1, 0.15) is 33.1 Å². The van der Waals surface area contributed by atoms with Gasteiger partial charge in [-0.25, -0.2) is 9.59 Å². The molecular weight excluding hydrogens is 236 g/mol. The van der Waals surface area contributed by atoms with Crippen molar-refractivity contribution in [2.45, 2.75) is 38.7 Å². The summed E-state index contributed by atoms with van der Waals surface area (Å²) in [4.78, 5) is 24.1. The average Bonchev–Trinajstić information content (AvgIpc) is 2.36. The van der Waals surface area contributed by atoms with Gasteiger partial charge in [0.25, 0.3) is 0 Å². The summed E-state index contributed by atoms with van der Waals surface area (Å²) in [6.45, 7) is 4.41. The van der Waals surface area contributed by atoms with E-state index in [1.54, 1.807) is 4.90 Å². The Morgan fingerprint density at radius 1 is 1.39 bits per heavy atom. The molecule has 1 rings (SSSR count). The van der Waals surface area contributed by atoms with Crippen LogP contribution in [-0.4, -0.2) is 52.3 Å². The van der Waals surface area contributed by atoms with Crippen molar-refractivity contribution >= 4 is 12.0 Å². The van der Waals surface area contributed by atoms with Crippen LogP contribution in [0.5, 0.6) is 0 Å². The van der Waals surface area contributed by atoms with Crippen molar-refractivity contribution in [1.29, 1.82) is 0 Å². The third kappa shape index (κ3) is 3.87. The molecule has 0 aromatic heterocycles. The van der Waals surface area contributed by atoms with E-state index in [4.69, 9.17) is 5.11 Å². The number of piperidine rings is 1. The van der Waals surface area contributed by atoms with Gasteiger partial charge in [0.15, 0.2) is 5.60 Å². The molecule has 6 heteroatoms. The lowest BCUT2D eigenvalue weighted by atomic mass is 9.95. The summed E-state index contributed by atoms with van der Waals surface area (Å²) in [5.41, 5.74) is -1.92. The molecule has 0 aromatic carbocycles. The van der Waals surface area contributed by atoms with Crippen molar-refractivity contribution < 1.29 is 19.8 Å². The minimum Gasteiger partial charge on any atom is -0.479 e. The van der Waals surface area contributed by atoms with Crippen LogP contribution in [0.15, 0.2) is 0 Å². The quantitative estimate of drug-likeness (QED) is 0.690. The highest BCUT2D eigenvalue weighted by Crippen LogP contribution is 2.19. The van der Waals surface area contributed by atoms with Gasteiger partial charge in [-0.05, 0) is 25.7 Å². The molecule has 18 heavy (non-hydrogen) atoms. The molecule has 1 fully saturated rings. The number of nitrogens with one attached hydrogen (secondary N) is 1. The Bertz CT molecular complexity index is 309. The number of amides is 2. The zero-order valence-corrected chi connectivity index (χ0v) is 11.0. The Balaban J connectivity index is 2.36. The molecule has 1 unspecified atom stereocenters. The van der Waals surface area contributed by atoms with Crippen molar-refractivity contribution in [3.05, 3.63) is 0 Å². The molecule has 0 saturated carbocycles. The number of likely N-dealkylation sites (tertiary alicyclic amines) is 1. The summed E-state index contributed by atoms with van der Waals surface area (Å²) in [5, 5.41) is 20.7. The van der Waals surface area contributed by atoms with E-state index < -0.39 is 11.6 Å². The smallest absolute Gasteiger partial charge is 0.337 e. The van der Waals surface area contributed by atoms with Crippen molar-refractivity contribution in [3.63, 3.8) is 0 Å². The van der Waals surface area contributed by atoms with Gasteiger partial charge in [0.05, 0.1) is 6.54 Å². The molecule has 1 atom stereocenters. The van der Waals surface area contributed by atoms with Gasteiger partial charge in [-0.15, -0.1) is 0 Å². The molecule has 0 radical (unpaired) electrons. The van der Waals surface area contributed by atoms with Gasteiger partial charge in [-0.3, -0.25) is 0 Å². The maximum Gasteiger partial charge on any atom is 0.337 e. The Labute approximate surface area is 107 Å². The summed E-state index contributed by atoms with van der Waals surface area (Å²) in [7, 11) is 0. The van der Waals surface area contributed by atoms with E-state index in [9.17, 15) is 14.7 Å². The van der Waals surface area contributed by atoms with Gasteiger partial charge in [0, 0.05) is 13.1 Å². The maximum absolute atomic E-state index is 11.8. The third-order valence-corrected chi connectivity index (χ3v) is 3.52. The Kier molecular flexibility index (Phi) is 4.95. The fourth-order valence-electron chi connectivity index (χ4n) is 1.98. The van der Waals surface area contributed by atoms with Gasteiger partial charge in [0.2, 0.25) is 0 Å². The highest BCUT2D eigenvalue weighted by Gasteiger charge is 2.31. The van der Waals surface area contributed by atoms with Crippen LogP contribution in [-0.2, 0) is 4.79 Å². The monoisotopic (exact) mass is 258 g/mol. The molecule has 1 aliphatic heterocycles. The number of carboxylic acid groups (broad SMARTS) is 1. The molecule has 0 aliphatic carbocycles. The molecule has 6 nitrogen and oxygen atoms in total. The number of hydrogen-bond acceptors (Lipinski definition) is 3. The van der Waals surface area contributed by atoms with E-state index in [1.807, 2.05) is 0 Å². The fourth-order valence-corrected chi connectivity index (χ4v) is 1.98. The lowest BCUT2D eigenvalue weighted by molar-refractivity contribution is -0.155. The summed E-state index contributed by atoms with van der Waals surface area (Å²) in [6.07, 6.45) is 3.10. The van der Waals surface area contributed by atoms with Crippen LogP contribution in [0.2, 0.25) is 0 Å². The maximum atomic E-state index is 11.8. The number of carbonyl (C=O) groups is 2. The molecule has 3 N–H and O–H groups in total. The number of hydrogen-bond donors (Lipinski definition) is 3. The second kappa shape index (κ2) is 6.04. The van der Waals surface area contributed by atoms with Crippen molar-refractivity contribution in [3.8, 4) is 0 Å².